The molecule has 276 valence electrons. The third-order valence-electron chi connectivity index (χ3n) is 9.29. The fourth-order valence-electron chi connectivity index (χ4n) is 6.78. The van der Waals surface area contributed by atoms with Gasteiger partial charge in [0.2, 0.25) is 11.7 Å². The summed E-state index contributed by atoms with van der Waals surface area (Å²) in [5.41, 5.74) is -2.13. The number of nitrogens with one attached hydrogen (secondary N) is 1. The molecule has 1 atom stereocenters. The number of alkyl halides is 3. The van der Waals surface area contributed by atoms with E-state index in [1.54, 1.807) is 6.92 Å². The summed E-state index contributed by atoms with van der Waals surface area (Å²) >= 11 is 6.11. The number of carbonyl (C=O) groups is 2. The number of amides is 2. The first-order valence-corrected chi connectivity index (χ1v) is 18.4. The van der Waals surface area contributed by atoms with Crippen LogP contribution in [-0.4, -0.2) is 73.7 Å². The average molecular weight is 772 g/mol. The smallest absolute Gasteiger partial charge is 0.416 e. The SMILES string of the molecule is C[C@H]1OC2(CCN(C(=O)c3ncccc3O)CC2)c2c1n(CC(=O)Nc1ccc(C(F)(F)F)cc1Cl)c1nc(-c3ccc(S(C)(=O)=O)cc3)nn1c2=O. The first kappa shape index (κ1) is 36.0. The zero-order valence-electron chi connectivity index (χ0n) is 27.9. The van der Waals surface area contributed by atoms with Crippen molar-refractivity contribution in [3.8, 4) is 17.1 Å². The Hall–Kier alpha value is -5.33. The van der Waals surface area contributed by atoms with Gasteiger partial charge in [-0.05, 0) is 74.4 Å². The standard InChI is InChI=1S/C34H29ClF3N7O7S/c1-18-28-26(33(52-18)11-14-43(15-12-33)31(49)27-24(46)4-3-13-39-27)30(48)45-32(41-29(42-45)19-5-8-21(9-6-19)53(2,50)51)44(28)17-25(47)40-23-10-7-20(16-22(23)35)34(36,37)38/h3-10,13,16,18,46H,11-12,14-15,17H2,1-2H3,(H,40,47)/t18-/m1/s1. The molecule has 2 aliphatic rings. The van der Waals surface area contributed by atoms with Crippen LogP contribution in [0.2, 0.25) is 5.02 Å². The van der Waals surface area contributed by atoms with E-state index in [1.807, 2.05) is 0 Å². The van der Waals surface area contributed by atoms with Gasteiger partial charge in [0.15, 0.2) is 21.4 Å². The third-order valence-corrected chi connectivity index (χ3v) is 10.7. The van der Waals surface area contributed by atoms with E-state index in [1.165, 1.54) is 52.1 Å². The predicted molar refractivity (Wildman–Crippen MR) is 183 cm³/mol. The number of hydrogen-bond acceptors (Lipinski definition) is 10. The van der Waals surface area contributed by atoms with Crippen molar-refractivity contribution in [2.24, 2.45) is 0 Å². The Morgan fingerprint density at radius 3 is 2.43 bits per heavy atom. The maximum absolute atomic E-state index is 14.4. The number of likely N-dealkylation sites (tertiary alicyclic amines) is 1. The molecule has 19 heteroatoms. The number of ether oxygens (including phenoxy) is 1. The zero-order valence-corrected chi connectivity index (χ0v) is 29.5. The van der Waals surface area contributed by atoms with Gasteiger partial charge in [-0.1, -0.05) is 11.6 Å². The van der Waals surface area contributed by atoms with Gasteiger partial charge in [0.05, 0.1) is 38.5 Å². The Morgan fingerprint density at radius 2 is 1.81 bits per heavy atom. The number of rotatable bonds is 6. The number of pyridine rings is 1. The number of nitrogens with zero attached hydrogens (tertiary/aromatic N) is 6. The minimum Gasteiger partial charge on any atom is -0.505 e. The lowest BCUT2D eigenvalue weighted by Gasteiger charge is -2.39. The van der Waals surface area contributed by atoms with Gasteiger partial charge < -0.3 is 24.6 Å². The summed E-state index contributed by atoms with van der Waals surface area (Å²) in [7, 11) is -3.51. The van der Waals surface area contributed by atoms with E-state index in [9.17, 15) is 41.1 Å². The fourth-order valence-corrected chi connectivity index (χ4v) is 7.64. The molecule has 2 aromatic carbocycles. The second-order valence-corrected chi connectivity index (χ2v) is 15.2. The van der Waals surface area contributed by atoms with Gasteiger partial charge in [-0.25, -0.2) is 13.4 Å². The second-order valence-electron chi connectivity index (χ2n) is 12.8. The minimum absolute atomic E-state index is 0.0453. The summed E-state index contributed by atoms with van der Waals surface area (Å²) in [6, 6.07) is 11.0. The number of piperidine rings is 1. The highest BCUT2D eigenvalue weighted by Crippen LogP contribution is 2.48. The molecule has 0 aliphatic carbocycles. The van der Waals surface area contributed by atoms with Crippen molar-refractivity contribution in [2.75, 3.05) is 24.7 Å². The molecule has 2 amide bonds. The van der Waals surface area contributed by atoms with Crippen LogP contribution in [0.25, 0.3) is 17.2 Å². The molecule has 2 N–H and O–H groups in total. The van der Waals surface area contributed by atoms with Gasteiger partial charge >= 0.3 is 6.18 Å². The van der Waals surface area contributed by atoms with Crippen molar-refractivity contribution in [1.29, 1.82) is 0 Å². The molecule has 1 saturated heterocycles. The average Bonchev–Trinajstić information content (AvgIpc) is 3.67. The normalized spacial score (nSPS) is 16.9. The lowest BCUT2D eigenvalue weighted by Crippen LogP contribution is -2.47. The van der Waals surface area contributed by atoms with E-state index in [2.05, 4.69) is 20.4 Å². The third kappa shape index (κ3) is 6.50. The van der Waals surface area contributed by atoms with Gasteiger partial charge in [-0.3, -0.25) is 14.4 Å². The van der Waals surface area contributed by atoms with Crippen LogP contribution in [0.4, 0.5) is 18.9 Å². The topological polar surface area (TPSA) is 178 Å². The van der Waals surface area contributed by atoms with E-state index >= 15 is 0 Å². The number of anilines is 1. The summed E-state index contributed by atoms with van der Waals surface area (Å²) in [4.78, 5) is 51.3. The predicted octanol–water partition coefficient (Wildman–Crippen LogP) is 4.60. The van der Waals surface area contributed by atoms with Crippen LogP contribution >= 0.6 is 11.6 Å². The molecule has 5 aromatic rings. The summed E-state index contributed by atoms with van der Waals surface area (Å²) in [5.74, 6) is -1.51. The molecule has 0 saturated carbocycles. The highest BCUT2D eigenvalue weighted by atomic mass is 35.5. The van der Waals surface area contributed by atoms with E-state index in [4.69, 9.17) is 16.3 Å². The van der Waals surface area contributed by atoms with Crippen LogP contribution in [0.3, 0.4) is 0 Å². The van der Waals surface area contributed by atoms with Gasteiger partial charge in [0.1, 0.15) is 17.9 Å². The molecular formula is C34H29ClF3N7O7S. The molecule has 5 heterocycles. The van der Waals surface area contributed by atoms with Crippen molar-refractivity contribution >= 4 is 44.7 Å². The van der Waals surface area contributed by atoms with Gasteiger partial charge in [0, 0.05) is 31.1 Å². The van der Waals surface area contributed by atoms with Crippen molar-refractivity contribution < 1.29 is 41.0 Å². The molecular weight excluding hydrogens is 743 g/mol. The molecule has 1 spiro atoms. The molecule has 0 bridgehead atoms. The summed E-state index contributed by atoms with van der Waals surface area (Å²) < 4.78 is 72.7. The van der Waals surface area contributed by atoms with E-state index in [-0.39, 0.29) is 70.1 Å². The largest absolute Gasteiger partial charge is 0.505 e. The summed E-state index contributed by atoms with van der Waals surface area (Å²) in [6.07, 6.45) is -2.66. The van der Waals surface area contributed by atoms with Crippen molar-refractivity contribution in [3.05, 3.63) is 98.7 Å². The number of carbonyl (C=O) groups excluding carboxylic acids is 2. The zero-order chi connectivity index (χ0) is 38.0. The quantitative estimate of drug-likeness (QED) is 0.248. The lowest BCUT2D eigenvalue weighted by atomic mass is 9.85. The Balaban J connectivity index is 1.29. The summed E-state index contributed by atoms with van der Waals surface area (Å²) in [6.45, 7) is 1.44. The first-order valence-electron chi connectivity index (χ1n) is 16.1. The number of hydrogen-bond donors (Lipinski definition) is 2. The van der Waals surface area contributed by atoms with Crippen LogP contribution < -0.4 is 10.9 Å². The Morgan fingerprint density at radius 1 is 1.11 bits per heavy atom. The molecule has 53 heavy (non-hydrogen) atoms. The fraction of sp³-hybridized carbons (Fsp3) is 0.294. The summed E-state index contributed by atoms with van der Waals surface area (Å²) in [5, 5.41) is 16.8. The Labute approximate surface area is 303 Å². The highest BCUT2D eigenvalue weighted by molar-refractivity contribution is 7.90. The number of sulfone groups is 1. The maximum atomic E-state index is 14.4. The molecule has 0 unspecified atom stereocenters. The maximum Gasteiger partial charge on any atom is 0.416 e. The van der Waals surface area contributed by atoms with Crippen LogP contribution in [0, 0.1) is 0 Å². The van der Waals surface area contributed by atoms with Crippen LogP contribution in [0.15, 0.2) is 70.5 Å². The van der Waals surface area contributed by atoms with E-state index in [0.29, 0.717) is 17.3 Å². The van der Waals surface area contributed by atoms with Crippen molar-refractivity contribution in [2.45, 2.75) is 49.1 Å². The lowest BCUT2D eigenvalue weighted by molar-refractivity contribution is -0.137. The second kappa shape index (κ2) is 13.0. The number of benzene rings is 2. The first-order chi connectivity index (χ1) is 25.0. The van der Waals surface area contributed by atoms with E-state index in [0.717, 1.165) is 22.9 Å². The Kier molecular flexibility index (Phi) is 8.81. The number of aromatic nitrogens is 5. The molecule has 14 nitrogen and oxygen atoms in total. The van der Waals surface area contributed by atoms with Crippen LogP contribution in [0.5, 0.6) is 5.75 Å². The van der Waals surface area contributed by atoms with Gasteiger partial charge in [-0.2, -0.15) is 22.7 Å². The molecule has 7 rings (SSSR count). The molecule has 2 aliphatic heterocycles. The highest BCUT2D eigenvalue weighted by Gasteiger charge is 2.50. The van der Waals surface area contributed by atoms with Crippen molar-refractivity contribution in [1.82, 2.24) is 29.0 Å². The van der Waals surface area contributed by atoms with E-state index < -0.39 is 57.2 Å². The Bertz CT molecular complexity index is 2480. The number of aromatic hydroxyl groups is 1. The number of halogens is 4. The molecule has 0 radical (unpaired) electrons. The minimum atomic E-state index is -4.65. The molecule has 1 fully saturated rings. The van der Waals surface area contributed by atoms with Gasteiger partial charge in [-0.15, -0.1) is 5.10 Å². The monoisotopic (exact) mass is 771 g/mol. The van der Waals surface area contributed by atoms with Crippen molar-refractivity contribution in [3.63, 3.8) is 0 Å². The van der Waals surface area contributed by atoms with Crippen LogP contribution in [-0.2, 0) is 37.7 Å². The van der Waals surface area contributed by atoms with Crippen LogP contribution in [0.1, 0.15) is 53.2 Å². The van der Waals surface area contributed by atoms with Gasteiger partial charge in [0.25, 0.3) is 11.5 Å². The molecule has 3 aromatic heterocycles. The number of fused-ring (bicyclic) bond motifs is 3.